The average molecular weight is 367 g/mol. The Morgan fingerprint density at radius 1 is 1.12 bits per heavy atom. The maximum Gasteiger partial charge on any atom is 0.389 e. The van der Waals surface area contributed by atoms with Crippen molar-refractivity contribution in [2.45, 2.75) is 56.5 Å². The summed E-state index contributed by atoms with van der Waals surface area (Å²) in [6, 6.07) is 6.74. The van der Waals surface area contributed by atoms with Gasteiger partial charge in [-0.25, -0.2) is 0 Å². The molecule has 1 aliphatic carbocycles. The number of hydrogen-bond donors (Lipinski definition) is 1. The Bertz CT molecular complexity index is 675. The van der Waals surface area contributed by atoms with Crippen molar-refractivity contribution in [1.82, 2.24) is 0 Å². The standard InChI is InChI=1S/C20H23F3O3/c21-20(22,23)12-4-2-1-3-11-19(16-5-7-17(24)8-6-16)13-9-15(10-14-19)18(25)26/h5-10,13,24H,1-4,11-12,14H2,(H,25,26)/p-1. The van der Waals surface area contributed by atoms with Gasteiger partial charge in [-0.05, 0) is 42.5 Å². The molecule has 0 saturated carbocycles. The Morgan fingerprint density at radius 3 is 2.31 bits per heavy atom. The van der Waals surface area contributed by atoms with Gasteiger partial charge < -0.3 is 15.0 Å². The summed E-state index contributed by atoms with van der Waals surface area (Å²) < 4.78 is 36.6. The number of allylic oxidation sites excluding steroid dienone is 2. The molecule has 1 aliphatic rings. The molecule has 0 saturated heterocycles. The molecule has 2 rings (SSSR count). The van der Waals surface area contributed by atoms with Crippen LogP contribution in [0, 0.1) is 0 Å². The van der Waals surface area contributed by atoms with E-state index in [-0.39, 0.29) is 17.7 Å². The van der Waals surface area contributed by atoms with Gasteiger partial charge in [-0.2, -0.15) is 13.2 Å². The summed E-state index contributed by atoms with van der Waals surface area (Å²) >= 11 is 0. The number of alkyl halides is 3. The van der Waals surface area contributed by atoms with Crippen LogP contribution in [0.3, 0.4) is 0 Å². The van der Waals surface area contributed by atoms with Crippen molar-refractivity contribution in [2.24, 2.45) is 0 Å². The highest BCUT2D eigenvalue weighted by molar-refractivity contribution is 5.88. The normalized spacial score (nSPS) is 20.0. The number of hydrogen-bond acceptors (Lipinski definition) is 3. The van der Waals surface area contributed by atoms with E-state index in [1.807, 2.05) is 6.08 Å². The lowest BCUT2D eigenvalue weighted by Crippen LogP contribution is -2.29. The Kier molecular flexibility index (Phi) is 6.51. The second kappa shape index (κ2) is 8.43. The zero-order valence-electron chi connectivity index (χ0n) is 14.4. The number of carboxylic acids is 1. The summed E-state index contributed by atoms with van der Waals surface area (Å²) in [5, 5.41) is 20.5. The first-order chi connectivity index (χ1) is 12.2. The number of phenolic OH excluding ortho intramolecular Hbond substituents is 1. The van der Waals surface area contributed by atoms with Crippen molar-refractivity contribution >= 4 is 5.97 Å². The molecule has 0 bridgehead atoms. The van der Waals surface area contributed by atoms with Gasteiger partial charge in [0.05, 0.1) is 5.97 Å². The lowest BCUT2D eigenvalue weighted by Gasteiger charge is -2.33. The van der Waals surface area contributed by atoms with Crippen LogP contribution in [0.15, 0.2) is 48.1 Å². The van der Waals surface area contributed by atoms with Crippen molar-refractivity contribution in [3.8, 4) is 5.75 Å². The molecule has 0 aliphatic heterocycles. The Balaban J connectivity index is 2.00. The third kappa shape index (κ3) is 5.64. The minimum Gasteiger partial charge on any atom is -0.545 e. The monoisotopic (exact) mass is 367 g/mol. The average Bonchev–Trinajstić information content (AvgIpc) is 2.58. The molecule has 26 heavy (non-hydrogen) atoms. The van der Waals surface area contributed by atoms with Crippen LogP contribution in [-0.4, -0.2) is 17.3 Å². The second-order valence-corrected chi connectivity index (χ2v) is 6.72. The van der Waals surface area contributed by atoms with Crippen LogP contribution >= 0.6 is 0 Å². The summed E-state index contributed by atoms with van der Waals surface area (Å²) in [6.07, 6.45) is 3.32. The van der Waals surface area contributed by atoms with E-state index < -0.39 is 24.0 Å². The van der Waals surface area contributed by atoms with Gasteiger partial charge in [0.1, 0.15) is 5.75 Å². The van der Waals surface area contributed by atoms with Crippen LogP contribution in [0.5, 0.6) is 5.75 Å². The maximum absolute atomic E-state index is 12.2. The molecule has 6 heteroatoms. The number of phenols is 1. The molecule has 0 amide bonds. The number of rotatable bonds is 8. The van der Waals surface area contributed by atoms with Gasteiger partial charge >= 0.3 is 6.18 Å². The number of halogens is 3. The molecule has 0 aromatic heterocycles. The zero-order valence-corrected chi connectivity index (χ0v) is 14.4. The highest BCUT2D eigenvalue weighted by Gasteiger charge is 2.30. The molecular formula is C20H22F3O3-. The van der Waals surface area contributed by atoms with Crippen molar-refractivity contribution in [3.63, 3.8) is 0 Å². The lowest BCUT2D eigenvalue weighted by atomic mass is 9.71. The number of carbonyl (C=O) groups excluding carboxylic acids is 1. The van der Waals surface area contributed by atoms with Crippen LogP contribution in [0.1, 0.15) is 50.5 Å². The molecule has 0 fully saturated rings. The summed E-state index contributed by atoms with van der Waals surface area (Å²) in [4.78, 5) is 11.0. The van der Waals surface area contributed by atoms with Crippen LogP contribution < -0.4 is 5.11 Å². The molecule has 3 nitrogen and oxygen atoms in total. The first kappa shape index (κ1) is 20.1. The molecule has 1 atom stereocenters. The summed E-state index contributed by atoms with van der Waals surface area (Å²) in [5.41, 5.74) is 0.650. The first-order valence-electron chi connectivity index (χ1n) is 8.69. The minimum atomic E-state index is -4.11. The van der Waals surface area contributed by atoms with E-state index in [0.717, 1.165) is 12.0 Å². The van der Waals surface area contributed by atoms with Gasteiger partial charge in [-0.3, -0.25) is 0 Å². The maximum atomic E-state index is 12.2. The second-order valence-electron chi connectivity index (χ2n) is 6.72. The zero-order chi connectivity index (χ0) is 19.2. The number of aliphatic carboxylic acids is 1. The van der Waals surface area contributed by atoms with Crippen LogP contribution in [0.25, 0.3) is 0 Å². The van der Waals surface area contributed by atoms with E-state index in [9.17, 15) is 28.2 Å². The van der Waals surface area contributed by atoms with Crippen molar-refractivity contribution in [3.05, 3.63) is 53.6 Å². The van der Waals surface area contributed by atoms with E-state index in [1.165, 1.54) is 6.08 Å². The van der Waals surface area contributed by atoms with E-state index in [2.05, 4.69) is 0 Å². The van der Waals surface area contributed by atoms with Crippen LogP contribution in [0.4, 0.5) is 13.2 Å². The van der Waals surface area contributed by atoms with Crippen molar-refractivity contribution < 1.29 is 28.2 Å². The molecule has 0 spiro atoms. The first-order valence-corrected chi connectivity index (χ1v) is 8.69. The predicted molar refractivity (Wildman–Crippen MR) is 90.4 cm³/mol. The van der Waals surface area contributed by atoms with Gasteiger partial charge in [-0.15, -0.1) is 0 Å². The topological polar surface area (TPSA) is 60.4 Å². The fourth-order valence-electron chi connectivity index (χ4n) is 3.29. The fraction of sp³-hybridized carbons (Fsp3) is 0.450. The molecule has 1 N–H and O–H groups in total. The molecular weight excluding hydrogens is 345 g/mol. The van der Waals surface area contributed by atoms with Gasteiger partial charge in [0.25, 0.3) is 0 Å². The highest BCUT2D eigenvalue weighted by atomic mass is 19.4. The number of carbonyl (C=O) groups is 1. The lowest BCUT2D eigenvalue weighted by molar-refractivity contribution is -0.298. The summed E-state index contributed by atoms with van der Waals surface area (Å²) in [5.74, 6) is -1.09. The molecule has 142 valence electrons. The van der Waals surface area contributed by atoms with Gasteiger partial charge in [0.15, 0.2) is 0 Å². The molecule has 1 aromatic rings. The number of aromatic hydroxyl groups is 1. The van der Waals surface area contributed by atoms with Gasteiger partial charge in [-0.1, -0.05) is 49.6 Å². The summed E-state index contributed by atoms with van der Waals surface area (Å²) in [7, 11) is 0. The van der Waals surface area contributed by atoms with Crippen molar-refractivity contribution in [1.29, 1.82) is 0 Å². The van der Waals surface area contributed by atoms with E-state index in [0.29, 0.717) is 25.7 Å². The Morgan fingerprint density at radius 2 is 1.77 bits per heavy atom. The third-order valence-corrected chi connectivity index (χ3v) is 4.78. The van der Waals surface area contributed by atoms with E-state index in [4.69, 9.17) is 0 Å². The molecule has 1 unspecified atom stereocenters. The fourth-order valence-corrected chi connectivity index (χ4v) is 3.29. The number of unbranched alkanes of at least 4 members (excludes halogenated alkanes) is 3. The van der Waals surface area contributed by atoms with E-state index in [1.54, 1.807) is 30.3 Å². The van der Waals surface area contributed by atoms with Crippen LogP contribution in [0.2, 0.25) is 0 Å². The van der Waals surface area contributed by atoms with Gasteiger partial charge in [0, 0.05) is 11.8 Å². The number of carboxylic acid groups (broad SMARTS) is 1. The van der Waals surface area contributed by atoms with Gasteiger partial charge in [0.2, 0.25) is 0 Å². The third-order valence-electron chi connectivity index (χ3n) is 4.78. The smallest absolute Gasteiger partial charge is 0.389 e. The minimum absolute atomic E-state index is 0.125. The molecule has 1 aromatic carbocycles. The Labute approximate surface area is 150 Å². The van der Waals surface area contributed by atoms with E-state index >= 15 is 0 Å². The number of benzene rings is 1. The van der Waals surface area contributed by atoms with Crippen LogP contribution in [-0.2, 0) is 10.2 Å². The van der Waals surface area contributed by atoms with Crippen molar-refractivity contribution in [2.75, 3.05) is 0 Å². The Hall–Kier alpha value is -2.24. The largest absolute Gasteiger partial charge is 0.545 e. The predicted octanol–water partition coefficient (Wildman–Crippen LogP) is 4.17. The quantitative estimate of drug-likeness (QED) is 0.702. The highest BCUT2D eigenvalue weighted by Crippen LogP contribution is 2.39. The summed E-state index contributed by atoms with van der Waals surface area (Å²) in [6.45, 7) is 0. The molecule has 0 radical (unpaired) electrons. The molecule has 0 heterocycles. The SMILES string of the molecule is O=C([O-])C1=CCC(CCCCCCC(F)(F)F)(c2ccc(O)cc2)C=C1.